The molecule has 0 saturated carbocycles. The Morgan fingerprint density at radius 3 is 2.62 bits per heavy atom. The molecule has 2 heterocycles. The Labute approximate surface area is 175 Å². The van der Waals surface area contributed by atoms with Gasteiger partial charge in [0.2, 0.25) is 0 Å². The lowest BCUT2D eigenvalue weighted by molar-refractivity contribution is 0.102. The van der Waals surface area contributed by atoms with Crippen molar-refractivity contribution in [1.29, 1.82) is 0 Å². The van der Waals surface area contributed by atoms with Crippen LogP contribution in [0, 0.1) is 0 Å². The molecule has 0 aliphatic heterocycles. The molecule has 1 amide bonds. The highest BCUT2D eigenvalue weighted by Gasteiger charge is 2.17. The van der Waals surface area contributed by atoms with Gasteiger partial charge in [0.05, 0.1) is 18.1 Å². The Morgan fingerprint density at radius 1 is 1.10 bits per heavy atom. The van der Waals surface area contributed by atoms with Gasteiger partial charge in [0, 0.05) is 28.5 Å². The second-order valence-electron chi connectivity index (χ2n) is 6.39. The van der Waals surface area contributed by atoms with E-state index in [-0.39, 0.29) is 11.3 Å². The molecule has 2 aromatic heterocycles. The van der Waals surface area contributed by atoms with Gasteiger partial charge in [-0.05, 0) is 23.8 Å². The molecular formula is C20H15Cl2N5O2. The molecule has 4 rings (SSSR count). The number of nitrogens with one attached hydrogen (secondary N) is 1. The Hall–Kier alpha value is -3.16. The van der Waals surface area contributed by atoms with Crippen LogP contribution in [-0.4, -0.2) is 25.5 Å². The average Bonchev–Trinajstić information content (AvgIpc) is 3.13. The van der Waals surface area contributed by atoms with Crippen molar-refractivity contribution in [3.63, 3.8) is 0 Å². The molecule has 146 valence electrons. The van der Waals surface area contributed by atoms with Crippen molar-refractivity contribution in [2.24, 2.45) is 7.05 Å². The summed E-state index contributed by atoms with van der Waals surface area (Å²) < 4.78 is 2.76. The highest BCUT2D eigenvalue weighted by atomic mass is 35.5. The van der Waals surface area contributed by atoms with Crippen LogP contribution in [0.2, 0.25) is 10.0 Å². The normalized spacial score (nSPS) is 11.0. The van der Waals surface area contributed by atoms with Crippen LogP contribution >= 0.6 is 23.2 Å². The lowest BCUT2D eigenvalue weighted by atomic mass is 10.1. The van der Waals surface area contributed by atoms with E-state index in [1.54, 1.807) is 59.4 Å². The predicted octanol–water partition coefficient (Wildman–Crippen LogP) is 3.74. The molecule has 0 aliphatic carbocycles. The van der Waals surface area contributed by atoms with E-state index in [0.717, 1.165) is 10.2 Å². The fourth-order valence-electron chi connectivity index (χ4n) is 3.02. The van der Waals surface area contributed by atoms with E-state index < -0.39 is 5.91 Å². The van der Waals surface area contributed by atoms with Crippen LogP contribution in [0.4, 0.5) is 5.82 Å². The molecule has 7 nitrogen and oxygen atoms in total. The zero-order valence-corrected chi connectivity index (χ0v) is 16.8. The van der Waals surface area contributed by atoms with Crippen molar-refractivity contribution >= 4 is 45.7 Å². The fourth-order valence-corrected chi connectivity index (χ4v) is 3.49. The number of fused-ring (bicyclic) bond motifs is 1. The van der Waals surface area contributed by atoms with E-state index in [9.17, 15) is 9.59 Å². The SMILES string of the molecule is Cn1nc(C(=O)Nc2ccnn2Cc2ccc(Cl)cc2Cl)c2ccccc2c1=O. The molecule has 0 bridgehead atoms. The maximum Gasteiger partial charge on any atom is 0.277 e. The number of amides is 1. The topological polar surface area (TPSA) is 81.8 Å². The van der Waals surface area contributed by atoms with E-state index in [2.05, 4.69) is 15.5 Å². The molecule has 2 aromatic carbocycles. The van der Waals surface area contributed by atoms with Crippen LogP contribution in [0.25, 0.3) is 10.8 Å². The van der Waals surface area contributed by atoms with E-state index in [0.29, 0.717) is 33.2 Å². The molecular weight excluding hydrogens is 413 g/mol. The van der Waals surface area contributed by atoms with Crippen LogP contribution in [0.5, 0.6) is 0 Å². The Balaban J connectivity index is 1.66. The number of aryl methyl sites for hydroxylation is 1. The maximum atomic E-state index is 12.9. The van der Waals surface area contributed by atoms with Gasteiger partial charge in [-0.1, -0.05) is 47.5 Å². The summed E-state index contributed by atoms with van der Waals surface area (Å²) >= 11 is 12.2. The predicted molar refractivity (Wildman–Crippen MR) is 113 cm³/mol. The van der Waals surface area contributed by atoms with Gasteiger partial charge in [0.15, 0.2) is 5.69 Å². The van der Waals surface area contributed by atoms with Crippen LogP contribution in [-0.2, 0) is 13.6 Å². The molecule has 4 aromatic rings. The molecule has 0 unspecified atom stereocenters. The van der Waals surface area contributed by atoms with Gasteiger partial charge < -0.3 is 5.32 Å². The summed E-state index contributed by atoms with van der Waals surface area (Å²) in [5, 5.41) is 13.2. The first-order chi connectivity index (χ1) is 13.9. The Kier molecular flexibility index (Phi) is 5.08. The summed E-state index contributed by atoms with van der Waals surface area (Å²) in [4.78, 5) is 25.2. The number of benzene rings is 2. The van der Waals surface area contributed by atoms with Crippen LogP contribution in [0.3, 0.4) is 0 Å². The Morgan fingerprint density at radius 2 is 1.86 bits per heavy atom. The van der Waals surface area contributed by atoms with E-state index >= 15 is 0 Å². The summed E-state index contributed by atoms with van der Waals surface area (Å²) in [6.45, 7) is 0.347. The number of hydrogen-bond donors (Lipinski definition) is 1. The molecule has 9 heteroatoms. The minimum Gasteiger partial charge on any atom is -0.305 e. The number of anilines is 1. The number of rotatable bonds is 4. The monoisotopic (exact) mass is 427 g/mol. The minimum absolute atomic E-state index is 0.153. The third kappa shape index (κ3) is 3.74. The third-order valence-corrected chi connectivity index (χ3v) is 5.05. The average molecular weight is 428 g/mol. The van der Waals surface area contributed by atoms with Gasteiger partial charge >= 0.3 is 0 Å². The van der Waals surface area contributed by atoms with Gasteiger partial charge in [-0.2, -0.15) is 10.2 Å². The minimum atomic E-state index is -0.444. The molecule has 0 radical (unpaired) electrons. The second-order valence-corrected chi connectivity index (χ2v) is 7.23. The molecule has 0 spiro atoms. The van der Waals surface area contributed by atoms with Crippen molar-refractivity contribution in [3.05, 3.63) is 86.4 Å². The highest BCUT2D eigenvalue weighted by Crippen LogP contribution is 2.23. The van der Waals surface area contributed by atoms with Gasteiger partial charge in [0.25, 0.3) is 11.5 Å². The molecule has 0 aliphatic rings. The van der Waals surface area contributed by atoms with Gasteiger partial charge in [-0.15, -0.1) is 0 Å². The first-order valence-corrected chi connectivity index (χ1v) is 9.43. The van der Waals surface area contributed by atoms with Crippen LogP contribution < -0.4 is 10.9 Å². The highest BCUT2D eigenvalue weighted by molar-refractivity contribution is 6.35. The van der Waals surface area contributed by atoms with E-state index in [1.807, 2.05) is 0 Å². The van der Waals surface area contributed by atoms with Gasteiger partial charge in [0.1, 0.15) is 5.82 Å². The van der Waals surface area contributed by atoms with Crippen LogP contribution in [0.1, 0.15) is 16.1 Å². The van der Waals surface area contributed by atoms with E-state index in [1.165, 1.54) is 7.05 Å². The summed E-state index contributed by atoms with van der Waals surface area (Å²) in [5.41, 5.74) is 0.695. The van der Waals surface area contributed by atoms with Crippen LogP contribution in [0.15, 0.2) is 59.5 Å². The first kappa shape index (κ1) is 19.2. The van der Waals surface area contributed by atoms with Crippen molar-refractivity contribution in [2.45, 2.75) is 6.54 Å². The molecule has 0 saturated heterocycles. The fraction of sp³-hybridized carbons (Fsp3) is 0.100. The van der Waals surface area contributed by atoms with Gasteiger partial charge in [-0.3, -0.25) is 9.59 Å². The number of carbonyl (C=O) groups excluding carboxylic acids is 1. The molecule has 1 N–H and O–H groups in total. The summed E-state index contributed by atoms with van der Waals surface area (Å²) in [6, 6.07) is 13.7. The third-order valence-electron chi connectivity index (χ3n) is 4.46. The van der Waals surface area contributed by atoms with Crippen molar-refractivity contribution in [1.82, 2.24) is 19.6 Å². The number of aromatic nitrogens is 4. The summed E-state index contributed by atoms with van der Waals surface area (Å²) in [5.74, 6) is 0.0292. The summed E-state index contributed by atoms with van der Waals surface area (Å²) in [7, 11) is 1.51. The number of hydrogen-bond acceptors (Lipinski definition) is 4. The number of nitrogens with zero attached hydrogens (tertiary/aromatic N) is 4. The lowest BCUT2D eigenvalue weighted by Crippen LogP contribution is -2.26. The quantitative estimate of drug-likeness (QED) is 0.537. The van der Waals surface area contributed by atoms with Crippen molar-refractivity contribution < 1.29 is 4.79 Å². The van der Waals surface area contributed by atoms with Gasteiger partial charge in [-0.25, -0.2) is 9.36 Å². The van der Waals surface area contributed by atoms with Crippen molar-refractivity contribution in [2.75, 3.05) is 5.32 Å². The summed E-state index contributed by atoms with van der Waals surface area (Å²) in [6.07, 6.45) is 1.58. The first-order valence-electron chi connectivity index (χ1n) is 8.67. The zero-order valence-electron chi connectivity index (χ0n) is 15.3. The molecule has 0 atom stereocenters. The largest absolute Gasteiger partial charge is 0.305 e. The maximum absolute atomic E-state index is 12.9. The Bertz CT molecular complexity index is 1300. The zero-order chi connectivity index (χ0) is 20.5. The van der Waals surface area contributed by atoms with E-state index in [4.69, 9.17) is 23.2 Å². The number of carbonyl (C=O) groups is 1. The number of halogens is 2. The lowest BCUT2D eigenvalue weighted by Gasteiger charge is -2.11. The second kappa shape index (κ2) is 7.69. The standard InChI is InChI=1S/C20H15Cl2N5O2/c1-26-20(29)15-5-3-2-4-14(15)18(25-26)19(28)24-17-8-9-23-27(17)11-12-6-7-13(21)10-16(12)22/h2-10H,11H2,1H3,(H,24,28). The smallest absolute Gasteiger partial charge is 0.277 e. The van der Waals surface area contributed by atoms with Crippen molar-refractivity contribution in [3.8, 4) is 0 Å². The molecule has 29 heavy (non-hydrogen) atoms. The molecule has 0 fully saturated rings.